The molecule has 0 radical (unpaired) electrons. The molecule has 1 rings (SSSR count). The Balaban J connectivity index is 2.88. The van der Waals surface area contributed by atoms with Crippen molar-refractivity contribution in [1.82, 2.24) is 5.32 Å². The second-order valence-corrected chi connectivity index (χ2v) is 12.3. The topological polar surface area (TPSA) is 78.8 Å². The summed E-state index contributed by atoms with van der Waals surface area (Å²) in [5.41, 5.74) is 0.766. The molecule has 1 aromatic rings. The Morgan fingerprint density at radius 1 is 1.39 bits per heavy atom. The lowest BCUT2D eigenvalue weighted by Crippen LogP contribution is -2.43. The molecule has 0 saturated heterocycles. The average molecular weight is 360 g/mol. The number of carboxylic acid groups (broad SMARTS) is 1. The smallest absolute Gasteiger partial charge is 0.404 e. The Morgan fingerprint density at radius 3 is 2.43 bits per heavy atom. The molecule has 0 saturated carbocycles. The van der Waals surface area contributed by atoms with Crippen LogP contribution >= 0.6 is 11.6 Å². The maximum absolute atomic E-state index is 10.7. The van der Waals surface area contributed by atoms with Crippen LogP contribution in [0.15, 0.2) is 18.2 Å². The van der Waals surface area contributed by atoms with E-state index in [9.17, 15) is 9.90 Å². The van der Waals surface area contributed by atoms with E-state index in [2.05, 4.69) is 39.2 Å². The summed E-state index contributed by atoms with van der Waals surface area (Å²) in [7, 11) is -1.94. The third kappa shape index (κ3) is 5.71. The predicted molar refractivity (Wildman–Crippen MR) is 95.0 cm³/mol. The van der Waals surface area contributed by atoms with Crippen LogP contribution in [0.4, 0.5) is 4.79 Å². The van der Waals surface area contributed by atoms with Crippen molar-refractivity contribution in [2.24, 2.45) is 0 Å². The molecule has 0 aliphatic carbocycles. The van der Waals surface area contributed by atoms with E-state index in [1.165, 1.54) is 0 Å². The van der Waals surface area contributed by atoms with E-state index in [0.717, 1.165) is 11.3 Å². The molecule has 1 unspecified atom stereocenters. The maximum Gasteiger partial charge on any atom is 0.404 e. The van der Waals surface area contributed by atoms with Crippen LogP contribution in [0.1, 0.15) is 26.3 Å². The van der Waals surface area contributed by atoms with Crippen molar-refractivity contribution < 1.29 is 19.4 Å². The molecule has 5 nitrogen and oxygen atoms in total. The number of nitrogens with one attached hydrogen (secondary N) is 1. The van der Waals surface area contributed by atoms with E-state index < -0.39 is 20.5 Å². The van der Waals surface area contributed by atoms with Crippen molar-refractivity contribution in [1.29, 1.82) is 0 Å². The lowest BCUT2D eigenvalue weighted by atomic mass is 10.1. The van der Waals surface area contributed by atoms with Gasteiger partial charge in [-0.2, -0.15) is 0 Å². The number of amides is 1. The van der Waals surface area contributed by atoms with E-state index in [0.29, 0.717) is 11.4 Å². The second kappa shape index (κ2) is 7.55. The molecule has 0 bridgehead atoms. The van der Waals surface area contributed by atoms with Crippen LogP contribution in [-0.2, 0) is 6.42 Å². The number of halogens is 1. The largest absolute Gasteiger partial charge is 0.543 e. The van der Waals surface area contributed by atoms with Crippen LogP contribution < -0.4 is 9.74 Å². The van der Waals surface area contributed by atoms with Crippen LogP contribution in [0.2, 0.25) is 23.2 Å². The number of rotatable bonds is 6. The molecule has 23 heavy (non-hydrogen) atoms. The standard InChI is InChI=1S/C16H26ClNO4Si/c1-16(2,3)23(4,5)22-13-7-6-11(14(17)9-13)8-12(10-19)18-15(20)21/h6-7,9,12,18-19H,8,10H2,1-5H3,(H,20,21). The molecule has 0 aliphatic heterocycles. The lowest BCUT2D eigenvalue weighted by molar-refractivity contribution is 0.177. The highest BCUT2D eigenvalue weighted by Gasteiger charge is 2.39. The van der Waals surface area contributed by atoms with Gasteiger partial charge in [-0.1, -0.05) is 38.4 Å². The second-order valence-electron chi connectivity index (χ2n) is 7.15. The quantitative estimate of drug-likeness (QED) is 0.673. The molecule has 0 fully saturated rings. The number of benzene rings is 1. The van der Waals surface area contributed by atoms with Gasteiger partial charge in [0.05, 0.1) is 12.6 Å². The first kappa shape index (κ1) is 19.8. The van der Waals surface area contributed by atoms with Crippen LogP contribution in [0.5, 0.6) is 5.75 Å². The predicted octanol–water partition coefficient (Wildman–Crippen LogP) is 3.90. The molecule has 1 aromatic carbocycles. The van der Waals surface area contributed by atoms with Crippen molar-refractivity contribution >= 4 is 26.0 Å². The molecular formula is C16H26ClNO4Si. The highest BCUT2D eigenvalue weighted by atomic mass is 35.5. The molecule has 0 aromatic heterocycles. The van der Waals surface area contributed by atoms with E-state index in [4.69, 9.17) is 21.1 Å². The Labute approximate surface area is 143 Å². The van der Waals surface area contributed by atoms with Crippen LogP contribution in [0.3, 0.4) is 0 Å². The van der Waals surface area contributed by atoms with Gasteiger partial charge in [0, 0.05) is 5.02 Å². The number of aliphatic hydroxyl groups excluding tert-OH is 1. The van der Waals surface area contributed by atoms with Gasteiger partial charge in [0.15, 0.2) is 0 Å². The average Bonchev–Trinajstić information content (AvgIpc) is 2.38. The van der Waals surface area contributed by atoms with Gasteiger partial charge >= 0.3 is 6.09 Å². The summed E-state index contributed by atoms with van der Waals surface area (Å²) < 4.78 is 6.19. The van der Waals surface area contributed by atoms with Crippen molar-refractivity contribution in [3.8, 4) is 5.75 Å². The Morgan fingerprint density at radius 2 is 2.00 bits per heavy atom. The van der Waals surface area contributed by atoms with E-state index >= 15 is 0 Å². The summed E-state index contributed by atoms with van der Waals surface area (Å²) in [5, 5.41) is 20.8. The Bertz CT molecular complexity index is 558. The molecule has 0 aliphatic rings. The molecule has 0 spiro atoms. The first-order valence-electron chi connectivity index (χ1n) is 7.54. The van der Waals surface area contributed by atoms with Gasteiger partial charge in [-0.25, -0.2) is 4.79 Å². The van der Waals surface area contributed by atoms with Gasteiger partial charge in [0.1, 0.15) is 5.75 Å². The van der Waals surface area contributed by atoms with Crippen molar-refractivity contribution in [3.05, 3.63) is 28.8 Å². The van der Waals surface area contributed by atoms with Crippen molar-refractivity contribution in [2.75, 3.05) is 6.61 Å². The summed E-state index contributed by atoms with van der Waals surface area (Å²) in [6.45, 7) is 10.5. The summed E-state index contributed by atoms with van der Waals surface area (Å²) in [5.74, 6) is 0.720. The fraction of sp³-hybridized carbons (Fsp3) is 0.562. The fourth-order valence-corrected chi connectivity index (χ4v) is 3.08. The van der Waals surface area contributed by atoms with Crippen LogP contribution in [0.25, 0.3) is 0 Å². The number of aliphatic hydroxyl groups is 1. The van der Waals surface area contributed by atoms with Crippen molar-refractivity contribution in [2.45, 2.75) is 51.4 Å². The number of hydrogen-bond donors (Lipinski definition) is 3. The highest BCUT2D eigenvalue weighted by molar-refractivity contribution is 6.74. The van der Waals surface area contributed by atoms with Gasteiger partial charge in [0.25, 0.3) is 0 Å². The normalized spacial score (nSPS) is 13.5. The first-order valence-corrected chi connectivity index (χ1v) is 10.8. The zero-order chi connectivity index (χ0) is 17.8. The maximum atomic E-state index is 10.7. The minimum absolute atomic E-state index is 0.0888. The number of carbonyl (C=O) groups is 1. The SMILES string of the molecule is CC(C)(C)[Si](C)(C)Oc1ccc(CC(CO)NC(=O)O)c(Cl)c1. The van der Waals surface area contributed by atoms with Gasteiger partial charge in [-0.15, -0.1) is 0 Å². The lowest BCUT2D eigenvalue weighted by Gasteiger charge is -2.36. The van der Waals surface area contributed by atoms with Crippen LogP contribution in [0, 0.1) is 0 Å². The minimum Gasteiger partial charge on any atom is -0.543 e. The third-order valence-electron chi connectivity index (χ3n) is 4.22. The van der Waals surface area contributed by atoms with Crippen molar-refractivity contribution in [3.63, 3.8) is 0 Å². The number of hydrogen-bond acceptors (Lipinski definition) is 3. The molecule has 3 N–H and O–H groups in total. The van der Waals surface area contributed by atoms with Gasteiger partial charge in [0.2, 0.25) is 8.32 Å². The first-order chi connectivity index (χ1) is 10.5. The summed E-state index contributed by atoms with van der Waals surface area (Å²) in [6, 6.07) is 4.83. The Hall–Kier alpha value is -1.24. The van der Waals surface area contributed by atoms with E-state index in [1.807, 2.05) is 12.1 Å². The Kier molecular flexibility index (Phi) is 6.50. The zero-order valence-electron chi connectivity index (χ0n) is 14.3. The molecule has 0 heterocycles. The monoisotopic (exact) mass is 359 g/mol. The molecule has 1 atom stereocenters. The summed E-state index contributed by atoms with van der Waals surface area (Å²) in [6.07, 6.45) is -0.847. The fourth-order valence-electron chi connectivity index (χ4n) is 1.81. The minimum atomic E-state index is -1.94. The van der Waals surface area contributed by atoms with Gasteiger partial charge in [-0.3, -0.25) is 0 Å². The van der Waals surface area contributed by atoms with E-state index in [1.54, 1.807) is 6.07 Å². The van der Waals surface area contributed by atoms with Gasteiger partial charge in [-0.05, 0) is 42.2 Å². The zero-order valence-corrected chi connectivity index (χ0v) is 16.1. The van der Waals surface area contributed by atoms with Crippen LogP contribution in [-0.4, -0.2) is 37.3 Å². The van der Waals surface area contributed by atoms with Gasteiger partial charge < -0.3 is 20.0 Å². The summed E-state index contributed by atoms with van der Waals surface area (Å²) in [4.78, 5) is 10.7. The highest BCUT2D eigenvalue weighted by Crippen LogP contribution is 2.38. The molecule has 130 valence electrons. The third-order valence-corrected chi connectivity index (χ3v) is 8.93. The summed E-state index contributed by atoms with van der Waals surface area (Å²) >= 11 is 6.29. The van der Waals surface area contributed by atoms with E-state index in [-0.39, 0.29) is 11.6 Å². The molecule has 1 amide bonds. The molecule has 7 heteroatoms. The molecular weight excluding hydrogens is 334 g/mol.